The normalized spacial score (nSPS) is 34.6. The molecular weight excluding hydrogens is 174 g/mol. The first-order valence-electron chi connectivity index (χ1n) is 5.22. The van der Waals surface area contributed by atoms with Gasteiger partial charge in [-0.25, -0.2) is 0 Å². The summed E-state index contributed by atoms with van der Waals surface area (Å²) in [6.07, 6.45) is 4.31. The molecule has 82 valence electrons. The number of aliphatic hydroxyl groups is 1. The summed E-state index contributed by atoms with van der Waals surface area (Å²) >= 11 is 0. The van der Waals surface area contributed by atoms with Crippen LogP contribution in [-0.2, 0) is 0 Å². The minimum atomic E-state index is -0.189. The number of hydrogen-bond acceptors (Lipinski definition) is 2. The van der Waals surface area contributed by atoms with Crippen molar-refractivity contribution in [2.45, 2.75) is 40.2 Å². The standard InChI is InChI=1S/C12H23NO/c1-10(2)7-8-13(6)12(5,9-14)11(10,3)4/h7-8,14H,9H2,1-6H3. The van der Waals surface area contributed by atoms with Gasteiger partial charge in [0.1, 0.15) is 0 Å². The molecule has 1 N–H and O–H groups in total. The summed E-state index contributed by atoms with van der Waals surface area (Å²) in [4.78, 5) is 2.12. The summed E-state index contributed by atoms with van der Waals surface area (Å²) in [6.45, 7) is 11.2. The monoisotopic (exact) mass is 197 g/mol. The first-order chi connectivity index (χ1) is 6.19. The second kappa shape index (κ2) is 2.99. The average molecular weight is 197 g/mol. The Labute approximate surface area is 87.6 Å². The third-order valence-electron chi connectivity index (χ3n) is 4.76. The van der Waals surface area contributed by atoms with Crippen molar-refractivity contribution >= 4 is 0 Å². The fraction of sp³-hybridized carbons (Fsp3) is 0.833. The lowest BCUT2D eigenvalue weighted by Crippen LogP contribution is -2.62. The van der Waals surface area contributed by atoms with E-state index in [9.17, 15) is 5.11 Å². The summed E-state index contributed by atoms with van der Waals surface area (Å²) in [5, 5.41) is 9.61. The zero-order chi connectivity index (χ0) is 11.2. The van der Waals surface area contributed by atoms with Gasteiger partial charge < -0.3 is 10.0 Å². The summed E-state index contributed by atoms with van der Waals surface area (Å²) in [7, 11) is 2.03. The van der Waals surface area contributed by atoms with Crippen molar-refractivity contribution in [3.63, 3.8) is 0 Å². The van der Waals surface area contributed by atoms with E-state index in [-0.39, 0.29) is 23.0 Å². The number of hydrogen-bond donors (Lipinski definition) is 1. The first-order valence-corrected chi connectivity index (χ1v) is 5.22. The van der Waals surface area contributed by atoms with Crippen molar-refractivity contribution in [3.05, 3.63) is 12.3 Å². The Bertz CT molecular complexity index is 252. The van der Waals surface area contributed by atoms with Gasteiger partial charge in [0.25, 0.3) is 0 Å². The van der Waals surface area contributed by atoms with E-state index >= 15 is 0 Å². The molecule has 0 saturated heterocycles. The maximum atomic E-state index is 9.61. The lowest BCUT2D eigenvalue weighted by atomic mass is 9.56. The molecule has 0 amide bonds. The Morgan fingerprint density at radius 2 is 1.64 bits per heavy atom. The molecule has 1 unspecified atom stereocenters. The van der Waals surface area contributed by atoms with Gasteiger partial charge in [0.05, 0.1) is 12.1 Å². The van der Waals surface area contributed by atoms with E-state index in [0.29, 0.717) is 0 Å². The van der Waals surface area contributed by atoms with Gasteiger partial charge in [-0.15, -0.1) is 0 Å². The SMILES string of the molecule is CN1C=CC(C)(C)C(C)(C)C1(C)CO. The van der Waals surface area contributed by atoms with Crippen LogP contribution in [0.15, 0.2) is 12.3 Å². The highest BCUT2D eigenvalue weighted by atomic mass is 16.3. The van der Waals surface area contributed by atoms with Gasteiger partial charge in [0, 0.05) is 7.05 Å². The van der Waals surface area contributed by atoms with Crippen LogP contribution in [0.5, 0.6) is 0 Å². The van der Waals surface area contributed by atoms with E-state index < -0.39 is 0 Å². The third-order valence-corrected chi connectivity index (χ3v) is 4.76. The molecule has 0 aromatic heterocycles. The smallest absolute Gasteiger partial charge is 0.0666 e. The van der Waals surface area contributed by atoms with Crippen LogP contribution in [0.1, 0.15) is 34.6 Å². The number of likely N-dealkylation sites (N-methyl/N-ethyl adjacent to an activating group) is 1. The second-order valence-electron chi connectivity index (χ2n) is 5.71. The van der Waals surface area contributed by atoms with Crippen LogP contribution in [-0.4, -0.2) is 29.2 Å². The molecule has 0 aromatic carbocycles. The highest BCUT2D eigenvalue weighted by Crippen LogP contribution is 2.52. The molecule has 0 fully saturated rings. The zero-order valence-electron chi connectivity index (χ0n) is 10.3. The maximum Gasteiger partial charge on any atom is 0.0666 e. The second-order valence-corrected chi connectivity index (χ2v) is 5.71. The Morgan fingerprint density at radius 3 is 2.00 bits per heavy atom. The molecule has 0 radical (unpaired) electrons. The van der Waals surface area contributed by atoms with Crippen molar-refractivity contribution in [3.8, 4) is 0 Å². The van der Waals surface area contributed by atoms with Gasteiger partial charge in [-0.1, -0.05) is 33.8 Å². The van der Waals surface area contributed by atoms with Crippen LogP contribution >= 0.6 is 0 Å². The molecule has 0 saturated carbocycles. The number of allylic oxidation sites excluding steroid dienone is 1. The van der Waals surface area contributed by atoms with Crippen molar-refractivity contribution in [1.29, 1.82) is 0 Å². The first kappa shape index (κ1) is 11.6. The fourth-order valence-electron chi connectivity index (χ4n) is 2.12. The van der Waals surface area contributed by atoms with Gasteiger partial charge >= 0.3 is 0 Å². The lowest BCUT2D eigenvalue weighted by Gasteiger charge is -2.58. The number of aliphatic hydroxyl groups excluding tert-OH is 1. The van der Waals surface area contributed by atoms with Gasteiger partial charge in [-0.2, -0.15) is 0 Å². The van der Waals surface area contributed by atoms with Crippen LogP contribution in [0.3, 0.4) is 0 Å². The van der Waals surface area contributed by atoms with Crippen LogP contribution < -0.4 is 0 Å². The van der Waals surface area contributed by atoms with E-state index in [1.54, 1.807) is 0 Å². The van der Waals surface area contributed by atoms with E-state index in [0.717, 1.165) is 0 Å². The van der Waals surface area contributed by atoms with Crippen LogP contribution in [0.25, 0.3) is 0 Å². The van der Waals surface area contributed by atoms with Gasteiger partial charge in [-0.05, 0) is 24.0 Å². The third kappa shape index (κ3) is 1.20. The molecule has 1 heterocycles. The summed E-state index contributed by atoms with van der Waals surface area (Å²) in [6, 6.07) is 0. The highest BCUT2D eigenvalue weighted by Gasteiger charge is 2.53. The number of rotatable bonds is 1. The predicted molar refractivity (Wildman–Crippen MR) is 60.0 cm³/mol. The molecule has 2 heteroatoms. The molecule has 1 atom stereocenters. The number of nitrogens with zero attached hydrogens (tertiary/aromatic N) is 1. The molecule has 1 aliphatic heterocycles. The van der Waals surface area contributed by atoms with Gasteiger partial charge in [-0.3, -0.25) is 0 Å². The Balaban J connectivity index is 3.26. The minimum absolute atomic E-state index is 0.0399. The molecule has 0 aromatic rings. The van der Waals surface area contributed by atoms with Crippen molar-refractivity contribution in [2.75, 3.05) is 13.7 Å². The van der Waals surface area contributed by atoms with Crippen LogP contribution in [0.4, 0.5) is 0 Å². The predicted octanol–water partition coefficient (Wildman–Crippen LogP) is 2.25. The Morgan fingerprint density at radius 1 is 1.14 bits per heavy atom. The summed E-state index contributed by atoms with van der Waals surface area (Å²) < 4.78 is 0. The van der Waals surface area contributed by atoms with Crippen LogP contribution in [0.2, 0.25) is 0 Å². The Hall–Kier alpha value is -0.500. The zero-order valence-corrected chi connectivity index (χ0v) is 10.3. The van der Waals surface area contributed by atoms with Gasteiger partial charge in [0.2, 0.25) is 0 Å². The summed E-state index contributed by atoms with van der Waals surface area (Å²) in [5.74, 6) is 0. The van der Waals surface area contributed by atoms with Crippen LogP contribution in [0, 0.1) is 10.8 Å². The minimum Gasteiger partial charge on any atom is -0.394 e. The Kier molecular flexibility index (Phi) is 2.47. The summed E-state index contributed by atoms with van der Waals surface area (Å²) in [5.41, 5.74) is -0.0412. The fourth-order valence-corrected chi connectivity index (χ4v) is 2.12. The van der Waals surface area contributed by atoms with E-state index in [1.807, 2.05) is 7.05 Å². The van der Waals surface area contributed by atoms with E-state index in [4.69, 9.17) is 0 Å². The van der Waals surface area contributed by atoms with Crippen molar-refractivity contribution < 1.29 is 5.11 Å². The molecule has 14 heavy (non-hydrogen) atoms. The highest BCUT2D eigenvalue weighted by molar-refractivity contribution is 5.17. The van der Waals surface area contributed by atoms with Gasteiger partial charge in [0.15, 0.2) is 0 Å². The molecule has 1 aliphatic rings. The maximum absolute atomic E-state index is 9.61. The molecule has 1 rings (SSSR count). The molecule has 0 spiro atoms. The molecule has 2 nitrogen and oxygen atoms in total. The average Bonchev–Trinajstić information content (AvgIpc) is 2.10. The van der Waals surface area contributed by atoms with Crippen molar-refractivity contribution in [1.82, 2.24) is 4.90 Å². The molecule has 0 bridgehead atoms. The molecular formula is C12H23NO. The quantitative estimate of drug-likeness (QED) is 0.697. The van der Waals surface area contributed by atoms with E-state index in [1.165, 1.54) is 0 Å². The molecule has 0 aliphatic carbocycles. The lowest BCUT2D eigenvalue weighted by molar-refractivity contribution is -0.0691. The van der Waals surface area contributed by atoms with Crippen molar-refractivity contribution in [2.24, 2.45) is 10.8 Å². The van der Waals surface area contributed by atoms with E-state index in [2.05, 4.69) is 51.8 Å². The topological polar surface area (TPSA) is 23.5 Å². The largest absolute Gasteiger partial charge is 0.394 e.